The van der Waals surface area contributed by atoms with Crippen LogP contribution in [0.2, 0.25) is 0 Å². The number of carbonyl (C=O) groups excluding carboxylic acids is 2. The number of pyridine rings is 1. The van der Waals surface area contributed by atoms with E-state index in [1.807, 2.05) is 25.3 Å². The smallest absolute Gasteiger partial charge is 0.259 e. The predicted molar refractivity (Wildman–Crippen MR) is 198 cm³/mol. The molecular weight excluding hydrogens is 664 g/mol. The Kier molecular flexibility index (Phi) is 7.70. The molecule has 256 valence electrons. The summed E-state index contributed by atoms with van der Waals surface area (Å²) in [5.74, 6) is -0.194. The van der Waals surface area contributed by atoms with Crippen molar-refractivity contribution in [3.05, 3.63) is 113 Å². The third-order valence-electron chi connectivity index (χ3n) is 10.4. The van der Waals surface area contributed by atoms with Crippen molar-refractivity contribution >= 4 is 51.2 Å². The van der Waals surface area contributed by atoms with Gasteiger partial charge in [-0.15, -0.1) is 11.3 Å². The Labute approximate surface area is 298 Å². The van der Waals surface area contributed by atoms with Crippen molar-refractivity contribution < 1.29 is 18.7 Å². The number of carbonyl (C=O) groups is 2. The molecule has 0 radical (unpaired) electrons. The molecule has 2 N–H and O–H groups in total. The van der Waals surface area contributed by atoms with Crippen molar-refractivity contribution in [2.45, 2.75) is 26.2 Å². The zero-order chi connectivity index (χ0) is 34.7. The molecule has 0 saturated carbocycles. The molecular formula is C40H35FN6O3S. The number of ether oxygens (including phenoxy) is 1. The molecule has 51 heavy (non-hydrogen) atoms. The summed E-state index contributed by atoms with van der Waals surface area (Å²) in [6.07, 6.45) is 6.29. The quantitative estimate of drug-likeness (QED) is 0.190. The third kappa shape index (κ3) is 5.76. The van der Waals surface area contributed by atoms with Gasteiger partial charge in [0.2, 0.25) is 0 Å². The lowest BCUT2D eigenvalue weighted by atomic mass is 9.73. The van der Waals surface area contributed by atoms with Crippen molar-refractivity contribution in [3.8, 4) is 20.9 Å². The van der Waals surface area contributed by atoms with Gasteiger partial charge in [-0.05, 0) is 110 Å². The van der Waals surface area contributed by atoms with Gasteiger partial charge in [0.1, 0.15) is 11.6 Å². The molecule has 0 bridgehead atoms. The molecule has 0 atom stereocenters. The normalized spacial score (nSPS) is 16.4. The molecule has 3 aromatic heterocycles. The summed E-state index contributed by atoms with van der Waals surface area (Å²) < 4.78 is 20.3. The summed E-state index contributed by atoms with van der Waals surface area (Å²) in [6.45, 7) is 5.61. The van der Waals surface area contributed by atoms with Gasteiger partial charge < -0.3 is 19.9 Å². The Balaban J connectivity index is 0.939. The van der Waals surface area contributed by atoms with E-state index in [2.05, 4.69) is 43.6 Å². The Bertz CT molecular complexity index is 2320. The fourth-order valence-electron chi connectivity index (χ4n) is 7.63. The topological polar surface area (TPSA) is 103 Å². The van der Waals surface area contributed by atoms with E-state index in [9.17, 15) is 14.0 Å². The van der Waals surface area contributed by atoms with Crippen LogP contribution in [0.1, 0.15) is 44.7 Å². The summed E-state index contributed by atoms with van der Waals surface area (Å²) in [7, 11) is 0. The number of thiophene rings is 1. The Morgan fingerprint density at radius 3 is 2.63 bits per heavy atom. The molecule has 9 nitrogen and oxygen atoms in total. The van der Waals surface area contributed by atoms with Crippen LogP contribution in [0, 0.1) is 18.2 Å². The summed E-state index contributed by atoms with van der Waals surface area (Å²) in [5, 5.41) is 11.2. The van der Waals surface area contributed by atoms with Gasteiger partial charge in [0.25, 0.3) is 11.8 Å². The van der Waals surface area contributed by atoms with Crippen molar-refractivity contribution in [1.82, 2.24) is 15.2 Å². The number of anilines is 3. The number of hydrogen-bond donors (Lipinski definition) is 2. The van der Waals surface area contributed by atoms with Crippen LogP contribution in [-0.2, 0) is 11.2 Å². The number of aromatic amines is 1. The van der Waals surface area contributed by atoms with Gasteiger partial charge in [0.05, 0.1) is 23.0 Å². The number of hydrogen-bond acceptors (Lipinski definition) is 7. The summed E-state index contributed by atoms with van der Waals surface area (Å²) >= 11 is 1.65. The standard InChI is InChI=1S/C40H35FN6O3S/c1-24-16-32(37(42-20-24)46-22-40(23-46)11-14-50-15-12-40)38(48)44-30-6-2-25(3-7-30)39(49)47-13-10-27-18-35(26-4-9-33-28(17-26)21-43-45-33)51-36(27)31-8-5-29(41)19-34(31)47/h2-9,16-21H,10-15,22-23H2,1H3,(H,43,45)(H,44,48). The molecule has 0 aliphatic carbocycles. The van der Waals surface area contributed by atoms with Gasteiger partial charge in [-0.1, -0.05) is 6.07 Å². The summed E-state index contributed by atoms with van der Waals surface area (Å²) in [6, 6.07) is 21.8. The minimum atomic E-state index is -0.401. The second kappa shape index (κ2) is 12.4. The van der Waals surface area contributed by atoms with Gasteiger partial charge >= 0.3 is 0 Å². The number of amides is 2. The zero-order valence-electron chi connectivity index (χ0n) is 28.0. The van der Waals surface area contributed by atoms with E-state index >= 15 is 0 Å². The molecule has 11 heteroatoms. The first-order valence-corrected chi connectivity index (χ1v) is 18.0. The lowest BCUT2D eigenvalue weighted by molar-refractivity contribution is -0.000510. The maximum absolute atomic E-state index is 14.8. The highest BCUT2D eigenvalue weighted by molar-refractivity contribution is 7.19. The van der Waals surface area contributed by atoms with Crippen molar-refractivity contribution in [2.24, 2.45) is 5.41 Å². The van der Waals surface area contributed by atoms with E-state index in [1.165, 1.54) is 12.1 Å². The number of aromatic nitrogens is 3. The lowest BCUT2D eigenvalue weighted by Crippen LogP contribution is -2.59. The molecule has 2 fully saturated rings. The lowest BCUT2D eigenvalue weighted by Gasteiger charge is -2.53. The summed E-state index contributed by atoms with van der Waals surface area (Å²) in [4.78, 5) is 38.3. The highest BCUT2D eigenvalue weighted by Gasteiger charge is 2.45. The fourth-order valence-corrected chi connectivity index (χ4v) is 8.87. The number of halogens is 1. The second-order valence-electron chi connectivity index (χ2n) is 13.9. The highest BCUT2D eigenvalue weighted by Crippen LogP contribution is 2.46. The van der Waals surface area contributed by atoms with Crippen molar-refractivity contribution in [2.75, 3.05) is 48.0 Å². The third-order valence-corrected chi connectivity index (χ3v) is 11.7. The largest absolute Gasteiger partial charge is 0.381 e. The Morgan fingerprint density at radius 2 is 1.80 bits per heavy atom. The van der Waals surface area contributed by atoms with Crippen molar-refractivity contribution in [1.29, 1.82) is 0 Å². The molecule has 3 aliphatic heterocycles. The van der Waals surface area contributed by atoms with Crippen LogP contribution in [-0.4, -0.2) is 59.8 Å². The van der Waals surface area contributed by atoms with Crippen LogP contribution >= 0.6 is 11.3 Å². The molecule has 3 aromatic carbocycles. The second-order valence-corrected chi connectivity index (χ2v) is 14.9. The van der Waals surface area contributed by atoms with E-state index in [0.29, 0.717) is 41.3 Å². The van der Waals surface area contributed by atoms with E-state index in [-0.39, 0.29) is 17.2 Å². The zero-order valence-corrected chi connectivity index (χ0v) is 28.9. The number of benzene rings is 3. The molecule has 2 amide bonds. The first-order valence-electron chi connectivity index (χ1n) is 17.2. The number of nitrogens with zero attached hydrogens (tertiary/aromatic N) is 4. The molecule has 9 rings (SSSR count). The van der Waals surface area contributed by atoms with E-state index < -0.39 is 5.82 Å². The Morgan fingerprint density at radius 1 is 0.980 bits per heavy atom. The SMILES string of the molecule is Cc1cnc(N2CC3(CCOCC3)C2)c(C(=O)Nc2ccc(C(=O)N3CCc4cc(-c5ccc6[nH]ncc6c5)sc4-c4ccc(F)cc43)cc2)c1. The highest BCUT2D eigenvalue weighted by atomic mass is 32.1. The average Bonchev–Trinajstić information content (AvgIpc) is 3.75. The van der Waals surface area contributed by atoms with E-state index in [0.717, 1.165) is 82.1 Å². The maximum atomic E-state index is 14.8. The number of H-pyrrole nitrogens is 1. The molecule has 6 heterocycles. The Hall–Kier alpha value is -5.39. The van der Waals surface area contributed by atoms with Crippen molar-refractivity contribution in [3.63, 3.8) is 0 Å². The van der Waals surface area contributed by atoms with Crippen LogP contribution < -0.4 is 15.1 Å². The van der Waals surface area contributed by atoms with Crippen LogP contribution in [0.15, 0.2) is 85.2 Å². The average molecular weight is 699 g/mol. The van der Waals surface area contributed by atoms with E-state index in [4.69, 9.17) is 4.74 Å². The van der Waals surface area contributed by atoms with Crippen LogP contribution in [0.5, 0.6) is 0 Å². The fraction of sp³-hybridized carbons (Fsp3) is 0.250. The monoisotopic (exact) mass is 698 g/mol. The predicted octanol–water partition coefficient (Wildman–Crippen LogP) is 7.87. The van der Waals surface area contributed by atoms with Crippen LogP contribution in [0.25, 0.3) is 31.8 Å². The van der Waals surface area contributed by atoms with Crippen LogP contribution in [0.3, 0.4) is 0 Å². The minimum Gasteiger partial charge on any atom is -0.381 e. The van der Waals surface area contributed by atoms with Gasteiger partial charge in [-0.3, -0.25) is 14.7 Å². The first-order chi connectivity index (χ1) is 24.8. The van der Waals surface area contributed by atoms with Crippen LogP contribution in [0.4, 0.5) is 21.6 Å². The molecule has 3 aliphatic rings. The minimum absolute atomic E-state index is 0.231. The number of aryl methyl sites for hydroxylation is 1. The van der Waals surface area contributed by atoms with E-state index in [1.54, 1.807) is 52.8 Å². The number of rotatable bonds is 5. The molecule has 0 unspecified atom stereocenters. The number of nitrogens with one attached hydrogen (secondary N) is 2. The summed E-state index contributed by atoms with van der Waals surface area (Å²) in [5.41, 5.74) is 7.25. The van der Waals surface area contributed by atoms with Gasteiger partial charge in [0.15, 0.2) is 0 Å². The van der Waals surface area contributed by atoms with Gasteiger partial charge in [0, 0.05) is 76.4 Å². The molecule has 1 spiro atoms. The first kappa shape index (κ1) is 31.6. The van der Waals surface area contributed by atoms with Gasteiger partial charge in [-0.25, -0.2) is 9.37 Å². The maximum Gasteiger partial charge on any atom is 0.259 e. The molecule has 6 aromatic rings. The number of fused-ring (bicyclic) bond motifs is 4. The molecule has 2 saturated heterocycles. The van der Waals surface area contributed by atoms with Gasteiger partial charge in [-0.2, -0.15) is 5.10 Å².